The molecule has 0 spiro atoms. The fraction of sp³-hybridized carbons (Fsp3) is 0.429. The van der Waals surface area contributed by atoms with Crippen LogP contribution < -0.4 is 10.2 Å². The number of nitrogens with zero attached hydrogens (tertiary/aromatic N) is 1. The number of rotatable bonds is 3. The Balaban J connectivity index is 2.08. The van der Waals surface area contributed by atoms with Crippen molar-refractivity contribution >= 4 is 17.6 Å². The zero-order valence-corrected chi connectivity index (χ0v) is 10.9. The lowest BCUT2D eigenvalue weighted by atomic mass is 9.96. The van der Waals surface area contributed by atoms with Gasteiger partial charge >= 0.3 is 5.97 Å². The molecule has 1 aromatic carbocycles. The molecule has 19 heavy (non-hydrogen) atoms. The SMILES string of the molecule is CNC(=O)C1CCCN(c2ccc(C(=O)O)cc2)C1. The van der Waals surface area contributed by atoms with E-state index in [0.717, 1.165) is 25.1 Å². The van der Waals surface area contributed by atoms with Gasteiger partial charge in [-0.05, 0) is 37.1 Å². The Morgan fingerprint density at radius 1 is 1.32 bits per heavy atom. The van der Waals surface area contributed by atoms with E-state index in [1.54, 1.807) is 31.3 Å². The van der Waals surface area contributed by atoms with Crippen LogP contribution in [0.1, 0.15) is 23.2 Å². The zero-order chi connectivity index (χ0) is 13.8. The van der Waals surface area contributed by atoms with Crippen molar-refractivity contribution in [3.8, 4) is 0 Å². The lowest BCUT2D eigenvalue weighted by Gasteiger charge is -2.33. The third kappa shape index (κ3) is 3.05. The van der Waals surface area contributed by atoms with Crippen molar-refractivity contribution < 1.29 is 14.7 Å². The summed E-state index contributed by atoms with van der Waals surface area (Å²) in [6.45, 7) is 1.59. The van der Waals surface area contributed by atoms with Gasteiger partial charge in [-0.3, -0.25) is 4.79 Å². The summed E-state index contributed by atoms with van der Waals surface area (Å²) in [5.74, 6) is -0.835. The molecule has 5 heteroatoms. The maximum absolute atomic E-state index is 11.7. The molecule has 0 bridgehead atoms. The molecule has 1 saturated heterocycles. The van der Waals surface area contributed by atoms with E-state index >= 15 is 0 Å². The molecule has 1 aliphatic rings. The molecule has 0 aliphatic carbocycles. The van der Waals surface area contributed by atoms with E-state index in [-0.39, 0.29) is 17.4 Å². The number of anilines is 1. The van der Waals surface area contributed by atoms with Gasteiger partial charge in [-0.1, -0.05) is 0 Å². The summed E-state index contributed by atoms with van der Waals surface area (Å²) in [5, 5.41) is 11.6. The molecule has 2 N–H and O–H groups in total. The Kier molecular flexibility index (Phi) is 4.04. The van der Waals surface area contributed by atoms with Gasteiger partial charge in [0.05, 0.1) is 11.5 Å². The molecular weight excluding hydrogens is 244 g/mol. The van der Waals surface area contributed by atoms with Crippen LogP contribution in [-0.4, -0.2) is 37.1 Å². The second kappa shape index (κ2) is 5.73. The molecule has 0 aromatic heterocycles. The number of benzene rings is 1. The predicted molar refractivity (Wildman–Crippen MR) is 72.4 cm³/mol. The van der Waals surface area contributed by atoms with Crippen LogP contribution in [0.15, 0.2) is 24.3 Å². The first-order chi connectivity index (χ1) is 9.11. The largest absolute Gasteiger partial charge is 0.478 e. The highest BCUT2D eigenvalue weighted by molar-refractivity contribution is 5.88. The summed E-state index contributed by atoms with van der Waals surface area (Å²) in [4.78, 5) is 24.6. The van der Waals surface area contributed by atoms with Gasteiger partial charge in [0, 0.05) is 25.8 Å². The van der Waals surface area contributed by atoms with Gasteiger partial charge in [0.25, 0.3) is 0 Å². The minimum absolute atomic E-state index is 0.0119. The fourth-order valence-electron chi connectivity index (χ4n) is 2.44. The van der Waals surface area contributed by atoms with Crippen LogP contribution in [0.3, 0.4) is 0 Å². The first kappa shape index (κ1) is 13.4. The van der Waals surface area contributed by atoms with E-state index in [0.29, 0.717) is 6.54 Å². The average molecular weight is 262 g/mol. The molecular formula is C14H18N2O3. The monoisotopic (exact) mass is 262 g/mol. The summed E-state index contributed by atoms with van der Waals surface area (Å²) < 4.78 is 0. The average Bonchev–Trinajstić information content (AvgIpc) is 2.46. The van der Waals surface area contributed by atoms with Crippen molar-refractivity contribution in [2.75, 3.05) is 25.0 Å². The number of aromatic carboxylic acids is 1. The Morgan fingerprint density at radius 2 is 2.00 bits per heavy atom. The number of carbonyl (C=O) groups excluding carboxylic acids is 1. The Hall–Kier alpha value is -2.04. The Labute approximate surface area is 112 Å². The summed E-state index contributed by atoms with van der Waals surface area (Å²) in [6, 6.07) is 6.80. The van der Waals surface area contributed by atoms with Crippen LogP contribution in [0.2, 0.25) is 0 Å². The van der Waals surface area contributed by atoms with Gasteiger partial charge in [-0.15, -0.1) is 0 Å². The minimum Gasteiger partial charge on any atom is -0.478 e. The molecule has 1 aromatic rings. The number of hydrogen-bond donors (Lipinski definition) is 2. The van der Waals surface area contributed by atoms with Crippen molar-refractivity contribution in [1.29, 1.82) is 0 Å². The van der Waals surface area contributed by atoms with Crippen molar-refractivity contribution in [1.82, 2.24) is 5.32 Å². The van der Waals surface area contributed by atoms with E-state index in [4.69, 9.17) is 5.11 Å². The second-order valence-electron chi connectivity index (χ2n) is 4.75. The van der Waals surface area contributed by atoms with Crippen LogP contribution in [0.4, 0.5) is 5.69 Å². The van der Waals surface area contributed by atoms with Gasteiger partial charge in [0.2, 0.25) is 5.91 Å². The second-order valence-corrected chi connectivity index (χ2v) is 4.75. The highest BCUT2D eigenvalue weighted by Gasteiger charge is 2.25. The maximum atomic E-state index is 11.7. The molecule has 1 amide bonds. The Morgan fingerprint density at radius 3 is 2.58 bits per heavy atom. The smallest absolute Gasteiger partial charge is 0.335 e. The number of hydrogen-bond acceptors (Lipinski definition) is 3. The lowest BCUT2D eigenvalue weighted by molar-refractivity contribution is -0.124. The lowest BCUT2D eigenvalue weighted by Crippen LogP contribution is -2.42. The first-order valence-electron chi connectivity index (χ1n) is 6.41. The molecule has 1 atom stereocenters. The molecule has 5 nitrogen and oxygen atoms in total. The quantitative estimate of drug-likeness (QED) is 0.862. The first-order valence-corrected chi connectivity index (χ1v) is 6.41. The van der Waals surface area contributed by atoms with E-state index in [1.807, 2.05) is 0 Å². The highest BCUT2D eigenvalue weighted by atomic mass is 16.4. The van der Waals surface area contributed by atoms with E-state index in [9.17, 15) is 9.59 Å². The minimum atomic E-state index is -0.923. The summed E-state index contributed by atoms with van der Waals surface area (Å²) in [6.07, 6.45) is 1.88. The van der Waals surface area contributed by atoms with E-state index in [1.165, 1.54) is 0 Å². The normalized spacial score (nSPS) is 19.0. The third-order valence-electron chi connectivity index (χ3n) is 3.52. The number of piperidine rings is 1. The molecule has 1 aliphatic heterocycles. The van der Waals surface area contributed by atoms with E-state index < -0.39 is 5.97 Å². The topological polar surface area (TPSA) is 69.6 Å². The van der Waals surface area contributed by atoms with Crippen molar-refractivity contribution in [2.24, 2.45) is 5.92 Å². The number of carbonyl (C=O) groups is 2. The van der Waals surface area contributed by atoms with Gasteiger partial charge in [-0.2, -0.15) is 0 Å². The molecule has 1 fully saturated rings. The maximum Gasteiger partial charge on any atom is 0.335 e. The number of carboxylic acids is 1. The number of amides is 1. The van der Waals surface area contributed by atoms with Crippen molar-refractivity contribution in [3.63, 3.8) is 0 Å². The van der Waals surface area contributed by atoms with Crippen LogP contribution in [-0.2, 0) is 4.79 Å². The van der Waals surface area contributed by atoms with Crippen LogP contribution >= 0.6 is 0 Å². The van der Waals surface area contributed by atoms with Gasteiger partial charge < -0.3 is 15.3 Å². The number of nitrogens with one attached hydrogen (secondary N) is 1. The Bertz CT molecular complexity index is 470. The van der Waals surface area contributed by atoms with Crippen molar-refractivity contribution in [2.45, 2.75) is 12.8 Å². The van der Waals surface area contributed by atoms with Gasteiger partial charge in [0.1, 0.15) is 0 Å². The fourth-order valence-corrected chi connectivity index (χ4v) is 2.44. The molecule has 0 radical (unpaired) electrons. The predicted octanol–water partition coefficient (Wildman–Crippen LogP) is 1.35. The van der Waals surface area contributed by atoms with Crippen LogP contribution in [0.25, 0.3) is 0 Å². The zero-order valence-electron chi connectivity index (χ0n) is 10.9. The molecule has 1 heterocycles. The third-order valence-corrected chi connectivity index (χ3v) is 3.52. The molecule has 0 saturated carbocycles. The standard InChI is InChI=1S/C14H18N2O3/c1-15-13(17)11-3-2-8-16(9-11)12-6-4-10(5-7-12)14(18)19/h4-7,11H,2-3,8-9H2,1H3,(H,15,17)(H,18,19). The van der Waals surface area contributed by atoms with E-state index in [2.05, 4.69) is 10.2 Å². The molecule has 102 valence electrons. The summed E-state index contributed by atoms with van der Waals surface area (Å²) in [5.41, 5.74) is 1.25. The molecule has 2 rings (SSSR count). The molecule has 1 unspecified atom stereocenters. The van der Waals surface area contributed by atoms with Crippen LogP contribution in [0, 0.1) is 5.92 Å². The van der Waals surface area contributed by atoms with Crippen molar-refractivity contribution in [3.05, 3.63) is 29.8 Å². The highest BCUT2D eigenvalue weighted by Crippen LogP contribution is 2.23. The number of carboxylic acid groups (broad SMARTS) is 1. The summed E-state index contributed by atoms with van der Waals surface area (Å²) >= 11 is 0. The summed E-state index contributed by atoms with van der Waals surface area (Å²) in [7, 11) is 1.66. The van der Waals surface area contributed by atoms with Crippen LogP contribution in [0.5, 0.6) is 0 Å². The van der Waals surface area contributed by atoms with Gasteiger partial charge in [-0.25, -0.2) is 4.79 Å². The van der Waals surface area contributed by atoms with Gasteiger partial charge in [0.15, 0.2) is 0 Å².